The fraction of sp³-hybridized carbons (Fsp3) is 0.357. The smallest absolute Gasteiger partial charge is 0.226 e. The lowest BCUT2D eigenvalue weighted by atomic mass is 10.0. The molecule has 22 heavy (non-hydrogen) atoms. The number of carbonyl (C=O) groups excluding carboxylic acids is 1. The molecule has 1 aromatic heterocycles. The van der Waals surface area contributed by atoms with E-state index >= 15 is 0 Å². The quantitative estimate of drug-likeness (QED) is 0.886. The maximum atomic E-state index is 12.2. The summed E-state index contributed by atoms with van der Waals surface area (Å²) in [7, 11) is 0. The average Bonchev–Trinajstić information content (AvgIpc) is 2.81. The Hall–Kier alpha value is -1.63. The summed E-state index contributed by atoms with van der Waals surface area (Å²) in [4.78, 5) is 16.4. The van der Waals surface area contributed by atoms with E-state index in [4.69, 9.17) is 16.1 Å². The fourth-order valence-corrected chi connectivity index (χ4v) is 2.24. The van der Waals surface area contributed by atoms with Crippen molar-refractivity contribution in [3.8, 4) is 0 Å². The first-order chi connectivity index (χ1) is 10.1. The van der Waals surface area contributed by atoms with Crippen LogP contribution in [0.25, 0.3) is 0 Å². The second-order valence-electron chi connectivity index (χ2n) is 5.02. The standard InChI is InChI=1S/C14H15ClN4O2.ClH/c1-8-17-13(19-21-8)12(9-2-4-11(15)5-3-9)18-14(20)10-6-16-7-10;/h2-5,10,12,16H,6-7H2,1H3,(H,18,20);1H. The Morgan fingerprint density at radius 1 is 1.41 bits per heavy atom. The number of amides is 1. The van der Waals surface area contributed by atoms with Crippen LogP contribution in [-0.4, -0.2) is 29.1 Å². The second-order valence-corrected chi connectivity index (χ2v) is 5.46. The highest BCUT2D eigenvalue weighted by Gasteiger charge is 2.29. The predicted molar refractivity (Wildman–Crippen MR) is 84.1 cm³/mol. The van der Waals surface area contributed by atoms with Gasteiger partial charge >= 0.3 is 0 Å². The zero-order valence-electron chi connectivity index (χ0n) is 11.9. The lowest BCUT2D eigenvalue weighted by Gasteiger charge is -2.27. The van der Waals surface area contributed by atoms with Gasteiger partial charge in [-0.25, -0.2) is 0 Å². The molecule has 2 N–H and O–H groups in total. The highest BCUT2D eigenvalue weighted by atomic mass is 35.5. The SMILES string of the molecule is Cc1nc(C(NC(=O)C2CNC2)c2ccc(Cl)cc2)no1.Cl. The van der Waals surface area contributed by atoms with E-state index in [1.807, 2.05) is 12.1 Å². The second kappa shape index (κ2) is 7.09. The van der Waals surface area contributed by atoms with Crippen LogP contribution in [0.4, 0.5) is 0 Å². The number of aryl methyl sites for hydroxylation is 1. The molecule has 6 nitrogen and oxygen atoms in total. The summed E-state index contributed by atoms with van der Waals surface area (Å²) >= 11 is 5.91. The fourth-order valence-electron chi connectivity index (χ4n) is 2.12. The van der Waals surface area contributed by atoms with Gasteiger partial charge in [-0.1, -0.05) is 28.9 Å². The molecule has 8 heteroatoms. The number of nitrogens with one attached hydrogen (secondary N) is 2. The van der Waals surface area contributed by atoms with Crippen molar-refractivity contribution in [1.29, 1.82) is 0 Å². The predicted octanol–water partition coefficient (Wildman–Crippen LogP) is 1.88. The van der Waals surface area contributed by atoms with Crippen LogP contribution < -0.4 is 10.6 Å². The first-order valence-electron chi connectivity index (χ1n) is 6.70. The summed E-state index contributed by atoms with van der Waals surface area (Å²) in [5.74, 6) is 0.878. The van der Waals surface area contributed by atoms with Crippen molar-refractivity contribution in [3.05, 3.63) is 46.6 Å². The Morgan fingerprint density at radius 3 is 2.59 bits per heavy atom. The molecule has 118 valence electrons. The molecule has 0 radical (unpaired) electrons. The molecular formula is C14H16Cl2N4O2. The Morgan fingerprint density at radius 2 is 2.09 bits per heavy atom. The van der Waals surface area contributed by atoms with Crippen molar-refractivity contribution in [2.75, 3.05) is 13.1 Å². The summed E-state index contributed by atoms with van der Waals surface area (Å²) < 4.78 is 5.02. The largest absolute Gasteiger partial charge is 0.342 e. The van der Waals surface area contributed by atoms with Crippen molar-refractivity contribution in [2.45, 2.75) is 13.0 Å². The van der Waals surface area contributed by atoms with E-state index in [-0.39, 0.29) is 24.2 Å². The summed E-state index contributed by atoms with van der Waals surface area (Å²) in [6.45, 7) is 3.11. The van der Waals surface area contributed by atoms with Gasteiger partial charge in [0.15, 0.2) is 5.82 Å². The number of nitrogens with zero attached hydrogens (tertiary/aromatic N) is 2. The monoisotopic (exact) mass is 342 g/mol. The maximum Gasteiger partial charge on any atom is 0.226 e. The first kappa shape index (κ1) is 16.7. The van der Waals surface area contributed by atoms with Crippen molar-refractivity contribution < 1.29 is 9.32 Å². The Balaban J connectivity index is 0.00000176. The number of carbonyl (C=O) groups is 1. The van der Waals surface area contributed by atoms with Crippen LogP contribution in [0.5, 0.6) is 0 Å². The number of hydrogen-bond acceptors (Lipinski definition) is 5. The van der Waals surface area contributed by atoms with Crippen LogP contribution in [0, 0.1) is 12.8 Å². The number of rotatable bonds is 4. The minimum absolute atomic E-state index is 0. The van der Waals surface area contributed by atoms with Crippen molar-refractivity contribution in [3.63, 3.8) is 0 Å². The molecule has 0 spiro atoms. The Labute approximate surface area is 139 Å². The zero-order valence-corrected chi connectivity index (χ0v) is 13.4. The number of aromatic nitrogens is 2. The van der Waals surface area contributed by atoms with Gasteiger partial charge in [-0.05, 0) is 17.7 Å². The van der Waals surface area contributed by atoms with E-state index in [2.05, 4.69) is 20.8 Å². The van der Waals surface area contributed by atoms with E-state index in [0.717, 1.165) is 5.56 Å². The molecule has 3 rings (SSSR count). The topological polar surface area (TPSA) is 80.0 Å². The molecule has 1 amide bonds. The van der Waals surface area contributed by atoms with Gasteiger partial charge in [0.05, 0.1) is 5.92 Å². The third-order valence-electron chi connectivity index (χ3n) is 3.44. The first-order valence-corrected chi connectivity index (χ1v) is 7.08. The third kappa shape index (κ3) is 3.58. The van der Waals surface area contributed by atoms with Crippen LogP contribution in [0.3, 0.4) is 0 Å². The van der Waals surface area contributed by atoms with Crippen molar-refractivity contribution >= 4 is 29.9 Å². The minimum atomic E-state index is -0.437. The van der Waals surface area contributed by atoms with Gasteiger partial charge in [0, 0.05) is 25.0 Å². The summed E-state index contributed by atoms with van der Waals surface area (Å²) in [5, 5.41) is 10.6. The number of hydrogen-bond donors (Lipinski definition) is 2. The molecule has 1 aliphatic rings. The molecule has 2 aromatic rings. The molecule has 1 fully saturated rings. The molecule has 0 bridgehead atoms. The van der Waals surface area contributed by atoms with Crippen LogP contribution in [0.1, 0.15) is 23.3 Å². The molecular weight excluding hydrogens is 327 g/mol. The van der Waals surface area contributed by atoms with Gasteiger partial charge in [-0.15, -0.1) is 12.4 Å². The number of benzene rings is 1. The highest BCUT2D eigenvalue weighted by Crippen LogP contribution is 2.22. The van der Waals surface area contributed by atoms with E-state index < -0.39 is 6.04 Å². The normalized spacial score (nSPS) is 15.5. The third-order valence-corrected chi connectivity index (χ3v) is 3.70. The molecule has 1 aliphatic heterocycles. The van der Waals surface area contributed by atoms with Gasteiger partial charge in [0.25, 0.3) is 0 Å². The average molecular weight is 343 g/mol. The van der Waals surface area contributed by atoms with Crippen molar-refractivity contribution in [2.24, 2.45) is 5.92 Å². The highest BCUT2D eigenvalue weighted by molar-refractivity contribution is 6.30. The summed E-state index contributed by atoms with van der Waals surface area (Å²) in [6, 6.07) is 6.80. The van der Waals surface area contributed by atoms with Crippen LogP contribution in [0.15, 0.2) is 28.8 Å². The summed E-state index contributed by atoms with van der Waals surface area (Å²) in [6.07, 6.45) is 0. The lowest BCUT2D eigenvalue weighted by molar-refractivity contribution is -0.127. The van der Waals surface area contributed by atoms with Gasteiger partial charge in [-0.2, -0.15) is 4.98 Å². The lowest BCUT2D eigenvalue weighted by Crippen LogP contribution is -2.51. The van der Waals surface area contributed by atoms with E-state index in [0.29, 0.717) is 29.8 Å². The summed E-state index contributed by atoms with van der Waals surface area (Å²) in [5.41, 5.74) is 0.862. The Kier molecular flexibility index (Phi) is 5.39. The minimum Gasteiger partial charge on any atom is -0.342 e. The van der Waals surface area contributed by atoms with E-state index in [9.17, 15) is 4.79 Å². The van der Waals surface area contributed by atoms with Crippen molar-refractivity contribution in [1.82, 2.24) is 20.8 Å². The molecule has 0 aliphatic carbocycles. The van der Waals surface area contributed by atoms with Gasteiger partial charge in [-0.3, -0.25) is 4.79 Å². The Bertz CT molecular complexity index is 641. The molecule has 1 atom stereocenters. The van der Waals surface area contributed by atoms with E-state index in [1.165, 1.54) is 0 Å². The van der Waals surface area contributed by atoms with Crippen LogP contribution in [0.2, 0.25) is 5.02 Å². The van der Waals surface area contributed by atoms with Crippen LogP contribution >= 0.6 is 24.0 Å². The molecule has 1 saturated heterocycles. The van der Waals surface area contributed by atoms with Gasteiger partial charge < -0.3 is 15.2 Å². The maximum absolute atomic E-state index is 12.2. The number of halogens is 2. The molecule has 1 unspecified atom stereocenters. The van der Waals surface area contributed by atoms with Gasteiger partial charge in [0.2, 0.25) is 11.8 Å². The zero-order chi connectivity index (χ0) is 14.8. The van der Waals surface area contributed by atoms with Gasteiger partial charge in [0.1, 0.15) is 6.04 Å². The van der Waals surface area contributed by atoms with Crippen LogP contribution in [-0.2, 0) is 4.79 Å². The molecule has 1 aromatic carbocycles. The molecule has 0 saturated carbocycles. The van der Waals surface area contributed by atoms with E-state index in [1.54, 1.807) is 19.1 Å². The molecule has 2 heterocycles.